The number of aliphatic imine (C=N–C) groups is 1. The molecule has 0 bridgehead atoms. The third kappa shape index (κ3) is 1.24. The van der Waals surface area contributed by atoms with Gasteiger partial charge in [-0.05, 0) is 12.5 Å². The minimum absolute atomic E-state index is 0.0896. The SMILES string of the molecule is COC1(OC)N=C(N)[C@@]2(C#N)[C@@H](c3cccc(C)c3)[C@@]12C#N. The summed E-state index contributed by atoms with van der Waals surface area (Å²) in [5.41, 5.74) is 5.43. The maximum atomic E-state index is 9.89. The largest absolute Gasteiger partial charge is 0.386 e. The Kier molecular flexibility index (Phi) is 2.84. The van der Waals surface area contributed by atoms with E-state index in [0.717, 1.165) is 11.1 Å². The van der Waals surface area contributed by atoms with E-state index in [0.29, 0.717) is 0 Å². The van der Waals surface area contributed by atoms with Gasteiger partial charge >= 0.3 is 0 Å². The van der Waals surface area contributed by atoms with Gasteiger partial charge in [0.05, 0.1) is 12.1 Å². The van der Waals surface area contributed by atoms with Crippen LogP contribution in [0.1, 0.15) is 17.0 Å². The number of fused-ring (bicyclic) bond motifs is 1. The zero-order valence-corrected chi connectivity index (χ0v) is 12.6. The third-order valence-corrected chi connectivity index (χ3v) is 4.86. The number of nitrogens with two attached hydrogens (primary N) is 1. The van der Waals surface area contributed by atoms with Crippen molar-refractivity contribution < 1.29 is 9.47 Å². The van der Waals surface area contributed by atoms with Crippen LogP contribution in [-0.2, 0) is 9.47 Å². The van der Waals surface area contributed by atoms with Gasteiger partial charge in [-0.2, -0.15) is 10.5 Å². The lowest BCUT2D eigenvalue weighted by Gasteiger charge is -2.29. The van der Waals surface area contributed by atoms with Crippen LogP contribution in [0.4, 0.5) is 0 Å². The molecular formula is C16H16N4O2. The summed E-state index contributed by atoms with van der Waals surface area (Å²) in [5.74, 6) is -1.91. The molecule has 1 heterocycles. The van der Waals surface area contributed by atoms with Gasteiger partial charge in [0.2, 0.25) is 0 Å². The molecule has 112 valence electrons. The van der Waals surface area contributed by atoms with Gasteiger partial charge in [0.1, 0.15) is 11.3 Å². The molecule has 1 fully saturated rings. The van der Waals surface area contributed by atoms with E-state index in [1.165, 1.54) is 14.2 Å². The van der Waals surface area contributed by atoms with Gasteiger partial charge in [0.15, 0.2) is 5.41 Å². The Balaban J connectivity index is 2.26. The molecule has 1 saturated carbocycles. The van der Waals surface area contributed by atoms with E-state index in [9.17, 15) is 10.5 Å². The van der Waals surface area contributed by atoms with Gasteiger partial charge in [-0.3, -0.25) is 0 Å². The van der Waals surface area contributed by atoms with Crippen LogP contribution < -0.4 is 5.73 Å². The second-order valence-corrected chi connectivity index (χ2v) is 5.67. The Morgan fingerprint density at radius 1 is 1.23 bits per heavy atom. The van der Waals surface area contributed by atoms with Crippen LogP contribution in [0.15, 0.2) is 29.3 Å². The summed E-state index contributed by atoms with van der Waals surface area (Å²) in [7, 11) is 2.80. The average Bonchev–Trinajstić information content (AvgIpc) is 3.11. The number of benzene rings is 1. The van der Waals surface area contributed by atoms with Gasteiger partial charge in [-0.1, -0.05) is 29.8 Å². The highest BCUT2D eigenvalue weighted by Gasteiger charge is 2.93. The van der Waals surface area contributed by atoms with Gasteiger partial charge in [0, 0.05) is 20.1 Å². The predicted molar refractivity (Wildman–Crippen MR) is 78.4 cm³/mol. The minimum Gasteiger partial charge on any atom is -0.386 e. The number of amidine groups is 1. The minimum atomic E-state index is -1.56. The summed E-state index contributed by atoms with van der Waals surface area (Å²) >= 11 is 0. The Hall–Kier alpha value is -2.41. The van der Waals surface area contributed by atoms with Crippen molar-refractivity contribution in [2.24, 2.45) is 21.6 Å². The van der Waals surface area contributed by atoms with Crippen molar-refractivity contribution in [1.29, 1.82) is 10.5 Å². The maximum absolute atomic E-state index is 9.89. The van der Waals surface area contributed by atoms with Crippen LogP contribution in [-0.4, -0.2) is 26.0 Å². The van der Waals surface area contributed by atoms with Crippen molar-refractivity contribution in [2.45, 2.75) is 18.8 Å². The highest BCUT2D eigenvalue weighted by atomic mass is 16.7. The van der Waals surface area contributed by atoms with E-state index in [1.807, 2.05) is 31.2 Å². The van der Waals surface area contributed by atoms with Gasteiger partial charge in [-0.25, -0.2) is 4.99 Å². The number of aryl methyl sites for hydroxylation is 1. The molecule has 1 aromatic carbocycles. The molecule has 6 heteroatoms. The van der Waals surface area contributed by atoms with Gasteiger partial charge < -0.3 is 15.2 Å². The van der Waals surface area contributed by atoms with Crippen molar-refractivity contribution in [3.8, 4) is 12.1 Å². The first kappa shape index (κ1) is 14.5. The zero-order chi connectivity index (χ0) is 16.2. The smallest absolute Gasteiger partial charge is 0.292 e. The van der Waals surface area contributed by atoms with Crippen LogP contribution >= 0.6 is 0 Å². The van der Waals surface area contributed by atoms with E-state index in [1.54, 1.807) is 0 Å². The van der Waals surface area contributed by atoms with E-state index >= 15 is 0 Å². The van der Waals surface area contributed by atoms with Gasteiger partial charge in [0.25, 0.3) is 5.91 Å². The first-order valence-corrected chi connectivity index (χ1v) is 6.85. The van der Waals surface area contributed by atoms with Crippen molar-refractivity contribution in [1.82, 2.24) is 0 Å². The lowest BCUT2D eigenvalue weighted by atomic mass is 9.93. The lowest BCUT2D eigenvalue weighted by molar-refractivity contribution is -0.230. The highest BCUT2D eigenvalue weighted by molar-refractivity contribution is 6.00. The molecule has 0 saturated heterocycles. The van der Waals surface area contributed by atoms with Crippen molar-refractivity contribution in [3.63, 3.8) is 0 Å². The molecule has 1 aromatic rings. The molecule has 3 atom stereocenters. The normalized spacial score (nSPS) is 34.2. The molecule has 0 unspecified atom stereocenters. The average molecular weight is 296 g/mol. The van der Waals surface area contributed by atoms with Crippen molar-refractivity contribution >= 4 is 5.84 Å². The number of rotatable bonds is 3. The van der Waals surface area contributed by atoms with Crippen molar-refractivity contribution in [3.05, 3.63) is 35.4 Å². The summed E-state index contributed by atoms with van der Waals surface area (Å²) in [4.78, 5) is 4.18. The molecule has 6 nitrogen and oxygen atoms in total. The number of nitrogens with zero attached hydrogens (tertiary/aromatic N) is 3. The molecule has 3 rings (SSSR count). The Morgan fingerprint density at radius 3 is 2.41 bits per heavy atom. The van der Waals surface area contributed by atoms with Crippen molar-refractivity contribution in [2.75, 3.05) is 14.2 Å². The Labute approximate surface area is 128 Å². The topological polar surface area (TPSA) is 104 Å². The van der Waals surface area contributed by atoms with Gasteiger partial charge in [-0.15, -0.1) is 0 Å². The molecular weight excluding hydrogens is 280 g/mol. The molecule has 0 amide bonds. The molecule has 2 N–H and O–H groups in total. The number of nitriles is 2. The van der Waals surface area contributed by atoms with Crippen LogP contribution in [0.3, 0.4) is 0 Å². The first-order valence-electron chi connectivity index (χ1n) is 6.85. The predicted octanol–water partition coefficient (Wildman–Crippen LogP) is 1.43. The summed E-state index contributed by atoms with van der Waals surface area (Å²) in [6, 6.07) is 12.1. The molecule has 2 aliphatic rings. The van der Waals surface area contributed by atoms with E-state index in [2.05, 4.69) is 17.1 Å². The zero-order valence-electron chi connectivity index (χ0n) is 12.6. The number of methoxy groups -OCH3 is 2. The summed E-state index contributed by atoms with van der Waals surface area (Å²) in [6.07, 6.45) is 0. The number of hydrogen-bond donors (Lipinski definition) is 1. The molecule has 0 aromatic heterocycles. The number of ether oxygens (including phenoxy) is 2. The number of hydrogen-bond acceptors (Lipinski definition) is 6. The molecule has 0 spiro atoms. The summed E-state index contributed by atoms with van der Waals surface area (Å²) in [5, 5.41) is 19.7. The fraction of sp³-hybridized carbons (Fsp3) is 0.438. The summed E-state index contributed by atoms with van der Waals surface area (Å²) in [6.45, 7) is 1.96. The first-order chi connectivity index (χ1) is 10.5. The van der Waals surface area contributed by atoms with E-state index < -0.39 is 22.7 Å². The van der Waals surface area contributed by atoms with Crippen LogP contribution in [0.5, 0.6) is 0 Å². The third-order valence-electron chi connectivity index (χ3n) is 4.86. The fourth-order valence-electron chi connectivity index (χ4n) is 3.87. The Bertz CT molecular complexity index is 756. The highest BCUT2D eigenvalue weighted by Crippen LogP contribution is 2.81. The standard InChI is InChI=1S/C16H16N4O2/c1-10-5-4-6-11(7-10)12-14(8-17)13(19)20-16(21-2,22-3)15(12,14)9-18/h4-7,12H,1-3H3,(H2,19,20)/t12-,14-,15-/m1/s1. The monoisotopic (exact) mass is 296 g/mol. The fourth-order valence-corrected chi connectivity index (χ4v) is 3.87. The van der Waals surface area contributed by atoms with E-state index in [-0.39, 0.29) is 5.84 Å². The van der Waals surface area contributed by atoms with E-state index in [4.69, 9.17) is 15.2 Å². The molecule has 0 radical (unpaired) electrons. The maximum Gasteiger partial charge on any atom is 0.292 e. The van der Waals surface area contributed by atoms with Crippen LogP contribution in [0.25, 0.3) is 0 Å². The molecule has 1 aliphatic heterocycles. The second-order valence-electron chi connectivity index (χ2n) is 5.67. The van der Waals surface area contributed by atoms with Crippen LogP contribution in [0.2, 0.25) is 0 Å². The second kappa shape index (κ2) is 4.30. The lowest BCUT2D eigenvalue weighted by Crippen LogP contribution is -2.41. The van der Waals surface area contributed by atoms with Crippen LogP contribution in [0, 0.1) is 40.4 Å². The molecule has 1 aliphatic carbocycles. The Morgan fingerprint density at radius 2 is 1.91 bits per heavy atom. The quantitative estimate of drug-likeness (QED) is 0.849. The molecule has 22 heavy (non-hydrogen) atoms. The summed E-state index contributed by atoms with van der Waals surface area (Å²) < 4.78 is 10.8.